The molecule has 0 saturated carbocycles. The van der Waals surface area contributed by atoms with Crippen LogP contribution >= 0.6 is 0 Å². The van der Waals surface area contributed by atoms with Crippen LogP contribution in [0.4, 0.5) is 0 Å². The number of H-pyrrole nitrogens is 1. The zero-order valence-electron chi connectivity index (χ0n) is 24.7. The number of carbonyl (C=O) groups excluding carboxylic acids is 1. The first kappa shape index (κ1) is 30.6. The third kappa shape index (κ3) is 7.40. The molecule has 3 heterocycles. The van der Waals surface area contributed by atoms with E-state index in [-0.39, 0.29) is 36.7 Å². The largest absolute Gasteiger partial charge is 0.497 e. The summed E-state index contributed by atoms with van der Waals surface area (Å²) in [5, 5.41) is 14.0. The minimum atomic E-state index is -0.648. The third-order valence-corrected chi connectivity index (χ3v) is 7.67. The summed E-state index contributed by atoms with van der Waals surface area (Å²) in [7, 11) is 1.65. The highest BCUT2D eigenvalue weighted by Crippen LogP contribution is 2.42. The van der Waals surface area contributed by atoms with E-state index in [9.17, 15) is 4.79 Å². The minimum absolute atomic E-state index is 0.0176. The van der Waals surface area contributed by atoms with Gasteiger partial charge in [-0.05, 0) is 55.7 Å². The van der Waals surface area contributed by atoms with Crippen LogP contribution in [0, 0.1) is 5.92 Å². The van der Waals surface area contributed by atoms with E-state index in [1.807, 2.05) is 61.7 Å². The Morgan fingerprint density at radius 1 is 1.07 bits per heavy atom. The van der Waals surface area contributed by atoms with Crippen molar-refractivity contribution in [3.8, 4) is 5.75 Å². The fourth-order valence-electron chi connectivity index (χ4n) is 5.55. The summed E-state index contributed by atoms with van der Waals surface area (Å²) in [5.41, 5.74) is 3.85. The summed E-state index contributed by atoms with van der Waals surface area (Å²) in [5.74, 6) is 0.384. The van der Waals surface area contributed by atoms with E-state index in [2.05, 4.69) is 10.3 Å². The second kappa shape index (κ2) is 15.1. The highest BCUT2D eigenvalue weighted by Gasteiger charge is 2.39. The van der Waals surface area contributed by atoms with Gasteiger partial charge in [0.15, 0.2) is 5.76 Å². The van der Waals surface area contributed by atoms with Crippen molar-refractivity contribution in [2.75, 3.05) is 53.3 Å². The molecular formula is C33H40N2O8. The van der Waals surface area contributed by atoms with Crippen LogP contribution in [0.2, 0.25) is 0 Å². The number of aliphatic hydroxyl groups is 1. The van der Waals surface area contributed by atoms with E-state index < -0.39 is 6.29 Å². The quantitative estimate of drug-likeness (QED) is 0.160. The van der Waals surface area contributed by atoms with Crippen LogP contribution in [0.3, 0.4) is 0 Å². The van der Waals surface area contributed by atoms with Crippen molar-refractivity contribution in [2.45, 2.75) is 32.0 Å². The number of hydrogen-bond acceptors (Lipinski definition) is 8. The summed E-state index contributed by atoms with van der Waals surface area (Å²) < 4.78 is 34.6. The van der Waals surface area contributed by atoms with Gasteiger partial charge in [0.05, 0.1) is 39.8 Å². The van der Waals surface area contributed by atoms with Gasteiger partial charge in [0, 0.05) is 59.6 Å². The summed E-state index contributed by atoms with van der Waals surface area (Å²) in [4.78, 5) is 16.7. The molecular weight excluding hydrogens is 552 g/mol. The van der Waals surface area contributed by atoms with Gasteiger partial charge in [-0.1, -0.05) is 18.2 Å². The lowest BCUT2D eigenvalue weighted by Crippen LogP contribution is -2.39. The Morgan fingerprint density at radius 3 is 2.72 bits per heavy atom. The molecule has 2 unspecified atom stereocenters. The minimum Gasteiger partial charge on any atom is -0.497 e. The van der Waals surface area contributed by atoms with Crippen LogP contribution in [-0.4, -0.2) is 75.6 Å². The van der Waals surface area contributed by atoms with E-state index in [1.165, 1.54) is 0 Å². The average Bonchev–Trinajstić information content (AvgIpc) is 3.65. The summed E-state index contributed by atoms with van der Waals surface area (Å²) >= 11 is 0. The predicted molar refractivity (Wildman–Crippen MR) is 162 cm³/mol. The van der Waals surface area contributed by atoms with E-state index in [0.717, 1.165) is 38.7 Å². The Labute approximate surface area is 250 Å². The van der Waals surface area contributed by atoms with Gasteiger partial charge < -0.3 is 43.5 Å². The van der Waals surface area contributed by atoms with Crippen LogP contribution in [0.5, 0.6) is 5.75 Å². The molecule has 3 atom stereocenters. The number of aliphatic hydroxyl groups excluding tert-OH is 1. The molecule has 0 saturated heterocycles. The monoisotopic (exact) mass is 592 g/mol. The van der Waals surface area contributed by atoms with Gasteiger partial charge in [0.25, 0.3) is 5.91 Å². The van der Waals surface area contributed by atoms with Crippen molar-refractivity contribution in [2.24, 2.45) is 5.92 Å². The number of aromatic amines is 1. The fraction of sp³-hybridized carbons (Fsp3) is 0.424. The molecule has 0 spiro atoms. The second-order valence-corrected chi connectivity index (χ2v) is 10.3. The zero-order valence-corrected chi connectivity index (χ0v) is 24.7. The number of benzene rings is 2. The van der Waals surface area contributed by atoms with Crippen molar-refractivity contribution in [3.05, 3.63) is 77.9 Å². The zero-order chi connectivity index (χ0) is 30.0. The summed E-state index contributed by atoms with van der Waals surface area (Å²) in [6.45, 7) is 4.31. The number of rotatable bonds is 16. The van der Waals surface area contributed by atoms with Gasteiger partial charge in [-0.3, -0.25) is 4.79 Å². The first-order chi connectivity index (χ1) is 21.1. The van der Waals surface area contributed by atoms with Crippen molar-refractivity contribution >= 4 is 27.8 Å². The lowest BCUT2D eigenvalue weighted by molar-refractivity contribution is -0.168. The molecule has 2 aromatic heterocycles. The van der Waals surface area contributed by atoms with Gasteiger partial charge in [0.1, 0.15) is 11.3 Å². The lowest BCUT2D eigenvalue weighted by Gasteiger charge is -2.36. The molecule has 230 valence electrons. The van der Waals surface area contributed by atoms with Gasteiger partial charge in [0.2, 0.25) is 6.29 Å². The Hall–Kier alpha value is -3.83. The number of furan rings is 1. The standard InChI is InChI=1S/C33H40N2O8/c1-3-41-33-25(11-14-39-16-17-40-15-13-36)27(28-21-42-30-7-5-4-6-24(28)30)19-31(43-33)32(37)34-12-10-22-20-35-29-9-8-23(38-2)18-26(22)29/h4-9,18-21,25,27,33,35-36H,3,10-17H2,1-2H3,(H,34,37)/t25?,27-,33?/m0/s1. The molecule has 5 rings (SSSR count). The Bertz CT molecular complexity index is 1510. The number of ether oxygens (including phenoxy) is 5. The van der Waals surface area contributed by atoms with Gasteiger partial charge >= 0.3 is 0 Å². The predicted octanol–water partition coefficient (Wildman–Crippen LogP) is 4.67. The van der Waals surface area contributed by atoms with Crippen LogP contribution in [0.1, 0.15) is 30.4 Å². The highest BCUT2D eigenvalue weighted by atomic mass is 16.7. The molecule has 1 amide bonds. The van der Waals surface area contributed by atoms with Crippen LogP contribution in [0.15, 0.2) is 71.2 Å². The summed E-state index contributed by atoms with van der Waals surface area (Å²) in [6, 6.07) is 13.8. The molecule has 3 N–H and O–H groups in total. The maximum Gasteiger partial charge on any atom is 0.286 e. The average molecular weight is 593 g/mol. The van der Waals surface area contributed by atoms with Crippen molar-refractivity contribution in [1.82, 2.24) is 10.3 Å². The second-order valence-electron chi connectivity index (χ2n) is 10.3. The number of para-hydroxylation sites is 1. The number of amides is 1. The molecule has 43 heavy (non-hydrogen) atoms. The molecule has 2 aromatic carbocycles. The fourth-order valence-corrected chi connectivity index (χ4v) is 5.55. The van der Waals surface area contributed by atoms with Crippen molar-refractivity contribution < 1.29 is 38.0 Å². The summed E-state index contributed by atoms with van der Waals surface area (Å²) in [6.07, 6.45) is 6.22. The number of methoxy groups -OCH3 is 1. The maximum absolute atomic E-state index is 13.4. The molecule has 4 aromatic rings. The number of aromatic nitrogens is 1. The first-order valence-corrected chi connectivity index (χ1v) is 14.8. The maximum atomic E-state index is 13.4. The Balaban J connectivity index is 1.32. The SMILES string of the molecule is CCOC1OC(C(=O)NCCc2c[nH]c3ccc(OC)cc23)=C[C@H](c2coc3ccccc23)C1CCOCCOCCO. The smallest absolute Gasteiger partial charge is 0.286 e. The lowest BCUT2D eigenvalue weighted by atomic mass is 9.81. The third-order valence-electron chi connectivity index (χ3n) is 7.67. The van der Waals surface area contributed by atoms with E-state index >= 15 is 0 Å². The van der Waals surface area contributed by atoms with E-state index in [0.29, 0.717) is 45.8 Å². The molecule has 10 heteroatoms. The number of fused-ring (bicyclic) bond motifs is 2. The van der Waals surface area contributed by atoms with E-state index in [4.69, 9.17) is 33.2 Å². The molecule has 1 aliphatic rings. The molecule has 1 aliphatic heterocycles. The number of nitrogens with one attached hydrogen (secondary N) is 2. The molecule has 0 radical (unpaired) electrons. The van der Waals surface area contributed by atoms with Crippen LogP contribution < -0.4 is 10.1 Å². The topological polar surface area (TPSA) is 124 Å². The number of allylic oxidation sites excluding steroid dienone is 1. The van der Waals surface area contributed by atoms with Crippen LogP contribution in [-0.2, 0) is 30.2 Å². The Morgan fingerprint density at radius 2 is 1.91 bits per heavy atom. The van der Waals surface area contributed by atoms with Crippen molar-refractivity contribution in [1.29, 1.82) is 0 Å². The normalized spacial score (nSPS) is 18.5. The van der Waals surface area contributed by atoms with Crippen molar-refractivity contribution in [3.63, 3.8) is 0 Å². The van der Waals surface area contributed by atoms with E-state index in [1.54, 1.807) is 13.4 Å². The van der Waals surface area contributed by atoms with Gasteiger partial charge in [-0.25, -0.2) is 0 Å². The Kier molecular flexibility index (Phi) is 10.7. The molecule has 0 aliphatic carbocycles. The van der Waals surface area contributed by atoms with Gasteiger partial charge in [-0.15, -0.1) is 0 Å². The molecule has 0 bridgehead atoms. The highest BCUT2D eigenvalue weighted by molar-refractivity contribution is 5.92. The van der Waals surface area contributed by atoms with Gasteiger partial charge in [-0.2, -0.15) is 0 Å². The first-order valence-electron chi connectivity index (χ1n) is 14.8. The van der Waals surface area contributed by atoms with Crippen LogP contribution in [0.25, 0.3) is 21.9 Å². The number of carbonyl (C=O) groups is 1. The number of hydrogen-bond donors (Lipinski definition) is 3. The molecule has 10 nitrogen and oxygen atoms in total. The molecule has 0 fully saturated rings.